The van der Waals surface area contributed by atoms with E-state index in [1.807, 2.05) is 32.2 Å². The Bertz CT molecular complexity index is 937. The number of aromatic nitrogens is 3. The van der Waals surface area contributed by atoms with E-state index in [0.29, 0.717) is 6.54 Å². The number of aryl methyl sites for hydroxylation is 2. The van der Waals surface area contributed by atoms with Crippen molar-refractivity contribution < 1.29 is 4.79 Å². The third-order valence-corrected chi connectivity index (χ3v) is 6.19. The minimum Gasteiger partial charge on any atom is -0.341 e. The zero-order chi connectivity index (χ0) is 20.3. The van der Waals surface area contributed by atoms with E-state index in [4.69, 9.17) is 0 Å². The molecule has 0 atom stereocenters. The number of hydrogen-bond acceptors (Lipinski definition) is 4. The Morgan fingerprint density at radius 1 is 1.21 bits per heavy atom. The Labute approximate surface area is 170 Å². The summed E-state index contributed by atoms with van der Waals surface area (Å²) in [6, 6.07) is 12.2. The van der Waals surface area contributed by atoms with Crippen molar-refractivity contribution in [3.05, 3.63) is 57.7 Å². The summed E-state index contributed by atoms with van der Waals surface area (Å²) in [5.41, 5.74) is 3.93. The van der Waals surface area contributed by atoms with Crippen LogP contribution in [-0.4, -0.2) is 39.6 Å². The van der Waals surface area contributed by atoms with Crippen LogP contribution in [0.3, 0.4) is 0 Å². The number of benzene rings is 1. The van der Waals surface area contributed by atoms with Crippen molar-refractivity contribution in [1.82, 2.24) is 20.1 Å². The number of hydrogen-bond donors (Lipinski definition) is 1. The lowest BCUT2D eigenvalue weighted by Crippen LogP contribution is -2.27. The fourth-order valence-corrected chi connectivity index (χ4v) is 4.06. The summed E-state index contributed by atoms with van der Waals surface area (Å²) < 4.78 is 0. The topological polar surface area (TPSA) is 61.9 Å². The van der Waals surface area contributed by atoms with E-state index in [2.05, 4.69) is 54.2 Å². The second kappa shape index (κ2) is 8.27. The number of aromatic amines is 1. The van der Waals surface area contributed by atoms with Crippen LogP contribution in [0.4, 0.5) is 0 Å². The van der Waals surface area contributed by atoms with Gasteiger partial charge in [0.2, 0.25) is 0 Å². The zero-order valence-electron chi connectivity index (χ0n) is 17.2. The summed E-state index contributed by atoms with van der Waals surface area (Å²) in [6.45, 7) is 8.98. The number of carbonyl (C=O) groups excluding carboxylic acids is 1. The molecule has 28 heavy (non-hydrogen) atoms. The van der Waals surface area contributed by atoms with Gasteiger partial charge in [0.05, 0.1) is 16.4 Å². The van der Waals surface area contributed by atoms with Crippen LogP contribution in [0.15, 0.2) is 36.4 Å². The maximum Gasteiger partial charge on any atom is 0.265 e. The van der Waals surface area contributed by atoms with Gasteiger partial charge in [0.1, 0.15) is 4.88 Å². The van der Waals surface area contributed by atoms with Gasteiger partial charge in [-0.2, -0.15) is 5.10 Å². The number of rotatable bonds is 6. The Balaban J connectivity index is 1.56. The third kappa shape index (κ3) is 4.68. The van der Waals surface area contributed by atoms with Crippen molar-refractivity contribution in [3.63, 3.8) is 0 Å². The Morgan fingerprint density at radius 2 is 1.93 bits per heavy atom. The van der Waals surface area contributed by atoms with Crippen molar-refractivity contribution in [2.75, 3.05) is 13.6 Å². The van der Waals surface area contributed by atoms with Crippen LogP contribution < -0.4 is 0 Å². The van der Waals surface area contributed by atoms with Gasteiger partial charge in [0.25, 0.3) is 5.91 Å². The van der Waals surface area contributed by atoms with E-state index in [1.54, 1.807) is 4.90 Å². The van der Waals surface area contributed by atoms with Crippen LogP contribution >= 0.6 is 11.3 Å². The predicted octanol–water partition coefficient (Wildman–Crippen LogP) is 4.84. The lowest BCUT2D eigenvalue weighted by Gasteiger charge is -2.16. The average Bonchev–Trinajstić information content (AvgIpc) is 3.28. The maximum atomic E-state index is 12.8. The molecule has 3 rings (SSSR count). The molecule has 0 unspecified atom stereocenters. The summed E-state index contributed by atoms with van der Waals surface area (Å²) in [5.74, 6) is 0.0556. The molecule has 5 nitrogen and oxygen atoms in total. The third-order valence-electron chi connectivity index (χ3n) is 4.62. The van der Waals surface area contributed by atoms with Crippen LogP contribution in [0.5, 0.6) is 0 Å². The van der Waals surface area contributed by atoms with Crippen molar-refractivity contribution in [2.24, 2.45) is 0 Å². The van der Waals surface area contributed by atoms with Crippen molar-refractivity contribution in [1.29, 1.82) is 0 Å². The average molecular weight is 397 g/mol. The van der Waals surface area contributed by atoms with Crippen molar-refractivity contribution >= 4 is 17.2 Å². The van der Waals surface area contributed by atoms with Crippen LogP contribution in [0.2, 0.25) is 0 Å². The minimum absolute atomic E-state index is 0.0381. The fourth-order valence-electron chi connectivity index (χ4n) is 2.94. The Kier molecular flexibility index (Phi) is 5.98. The standard InChI is InChI=1S/C22H28N4OS/c1-15-19(28-21(23-15)22(2,3)4)20(27)26(5)13-9-12-17-14-18(25-24-17)16-10-7-6-8-11-16/h6-8,10-11,14H,9,12-13H2,1-5H3,(H,24,25). The molecule has 6 heteroatoms. The molecule has 0 aliphatic carbocycles. The molecule has 0 saturated heterocycles. The molecule has 0 radical (unpaired) electrons. The molecule has 2 heterocycles. The van der Waals surface area contributed by atoms with Gasteiger partial charge in [-0.3, -0.25) is 9.89 Å². The summed E-state index contributed by atoms with van der Waals surface area (Å²) in [6.07, 6.45) is 1.73. The predicted molar refractivity (Wildman–Crippen MR) is 115 cm³/mol. The molecule has 0 spiro atoms. The molecule has 0 bridgehead atoms. The molecule has 0 fully saturated rings. The summed E-state index contributed by atoms with van der Waals surface area (Å²) in [4.78, 5) is 20.0. The highest BCUT2D eigenvalue weighted by Crippen LogP contribution is 2.29. The highest BCUT2D eigenvalue weighted by atomic mass is 32.1. The van der Waals surface area contributed by atoms with E-state index >= 15 is 0 Å². The van der Waals surface area contributed by atoms with E-state index < -0.39 is 0 Å². The van der Waals surface area contributed by atoms with Gasteiger partial charge < -0.3 is 4.90 Å². The second-order valence-corrected chi connectivity index (χ2v) is 9.16. The number of H-pyrrole nitrogens is 1. The largest absolute Gasteiger partial charge is 0.341 e. The lowest BCUT2D eigenvalue weighted by molar-refractivity contribution is 0.0797. The number of thiazole rings is 1. The maximum absolute atomic E-state index is 12.8. The van der Waals surface area contributed by atoms with Gasteiger partial charge >= 0.3 is 0 Å². The number of nitrogens with zero attached hydrogens (tertiary/aromatic N) is 3. The minimum atomic E-state index is -0.0381. The van der Waals surface area contributed by atoms with Crippen molar-refractivity contribution in [3.8, 4) is 11.3 Å². The monoisotopic (exact) mass is 396 g/mol. The molecular weight excluding hydrogens is 368 g/mol. The molecule has 1 N–H and O–H groups in total. The van der Waals surface area contributed by atoms with E-state index in [9.17, 15) is 4.79 Å². The number of amides is 1. The number of nitrogens with one attached hydrogen (secondary N) is 1. The van der Waals surface area contributed by atoms with Gasteiger partial charge in [-0.05, 0) is 25.8 Å². The zero-order valence-corrected chi connectivity index (χ0v) is 18.1. The van der Waals surface area contributed by atoms with Gasteiger partial charge in [0, 0.05) is 30.3 Å². The molecule has 1 aromatic carbocycles. The quantitative estimate of drug-likeness (QED) is 0.648. The molecule has 1 amide bonds. The molecule has 0 saturated carbocycles. The molecule has 0 aliphatic rings. The SMILES string of the molecule is Cc1nc(C(C)(C)C)sc1C(=O)N(C)CCCc1cc(-c2ccccc2)n[nH]1. The van der Waals surface area contributed by atoms with Gasteiger partial charge in [0.15, 0.2) is 0 Å². The van der Waals surface area contributed by atoms with Crippen LogP contribution in [0.25, 0.3) is 11.3 Å². The molecule has 2 aromatic heterocycles. The first-order valence-corrected chi connectivity index (χ1v) is 10.4. The second-order valence-electron chi connectivity index (χ2n) is 8.16. The summed E-state index contributed by atoms with van der Waals surface area (Å²) in [7, 11) is 1.86. The number of carbonyl (C=O) groups is 1. The van der Waals surface area contributed by atoms with Crippen molar-refractivity contribution in [2.45, 2.75) is 46.0 Å². The smallest absolute Gasteiger partial charge is 0.265 e. The van der Waals surface area contributed by atoms with Gasteiger partial charge in [-0.1, -0.05) is 51.1 Å². The van der Waals surface area contributed by atoms with Crippen LogP contribution in [0, 0.1) is 6.92 Å². The van der Waals surface area contributed by atoms with Gasteiger partial charge in [-0.15, -0.1) is 11.3 Å². The van der Waals surface area contributed by atoms with E-state index in [-0.39, 0.29) is 11.3 Å². The van der Waals surface area contributed by atoms with Crippen LogP contribution in [0.1, 0.15) is 53.3 Å². The summed E-state index contributed by atoms with van der Waals surface area (Å²) >= 11 is 1.52. The van der Waals surface area contributed by atoms with Crippen LogP contribution in [-0.2, 0) is 11.8 Å². The van der Waals surface area contributed by atoms with E-state index in [0.717, 1.165) is 45.4 Å². The Hall–Kier alpha value is -2.47. The van der Waals surface area contributed by atoms with Gasteiger partial charge in [-0.25, -0.2) is 4.98 Å². The molecule has 3 aromatic rings. The lowest BCUT2D eigenvalue weighted by atomic mass is 9.98. The highest BCUT2D eigenvalue weighted by Gasteiger charge is 2.24. The molecule has 148 valence electrons. The molecule has 0 aliphatic heterocycles. The normalized spacial score (nSPS) is 11.6. The first-order valence-electron chi connectivity index (χ1n) is 9.59. The first-order chi connectivity index (χ1) is 13.3. The van der Waals surface area contributed by atoms with E-state index in [1.165, 1.54) is 11.3 Å². The fraction of sp³-hybridized carbons (Fsp3) is 0.409. The Morgan fingerprint density at radius 3 is 2.57 bits per heavy atom. The summed E-state index contributed by atoms with van der Waals surface area (Å²) in [5, 5.41) is 8.51. The highest BCUT2D eigenvalue weighted by molar-refractivity contribution is 7.14. The first kappa shape index (κ1) is 20.3. The molecular formula is C22H28N4OS.